The van der Waals surface area contributed by atoms with Crippen LogP contribution in [-0.4, -0.2) is 19.0 Å². The lowest BCUT2D eigenvalue weighted by Gasteiger charge is -2.18. The first-order valence-electron chi connectivity index (χ1n) is 7.95. The van der Waals surface area contributed by atoms with Gasteiger partial charge in [-0.15, -0.1) is 0 Å². The highest BCUT2D eigenvalue weighted by molar-refractivity contribution is 6.32. The van der Waals surface area contributed by atoms with Crippen LogP contribution in [0.25, 0.3) is 0 Å². The van der Waals surface area contributed by atoms with Gasteiger partial charge < -0.3 is 14.8 Å². The number of methoxy groups -OCH3 is 1. The van der Waals surface area contributed by atoms with Crippen molar-refractivity contribution in [2.45, 2.75) is 20.0 Å². The van der Waals surface area contributed by atoms with Crippen molar-refractivity contribution < 1.29 is 19.1 Å². The van der Waals surface area contributed by atoms with Gasteiger partial charge in [-0.1, -0.05) is 47.5 Å². The average Bonchev–Trinajstić information content (AvgIpc) is 2.60. The topological polar surface area (TPSA) is 64.6 Å². The summed E-state index contributed by atoms with van der Waals surface area (Å²) in [6.07, 6.45) is 0.258. The Balaban J connectivity index is 2.24. The molecule has 2 rings (SSSR count). The van der Waals surface area contributed by atoms with Crippen LogP contribution in [0.15, 0.2) is 60.2 Å². The largest absolute Gasteiger partial charge is 0.495 e. The van der Waals surface area contributed by atoms with Crippen LogP contribution >= 0.6 is 11.6 Å². The summed E-state index contributed by atoms with van der Waals surface area (Å²) in [6, 6.07) is 13.7. The molecule has 0 saturated heterocycles. The third-order valence-corrected chi connectivity index (χ3v) is 3.70. The van der Waals surface area contributed by atoms with Gasteiger partial charge in [0.2, 0.25) is 6.10 Å². The van der Waals surface area contributed by atoms with E-state index in [4.69, 9.17) is 21.1 Å². The molecule has 0 bridgehead atoms. The van der Waals surface area contributed by atoms with E-state index < -0.39 is 18.0 Å². The van der Waals surface area contributed by atoms with Gasteiger partial charge in [-0.05, 0) is 32.0 Å². The molecule has 2 aromatic rings. The number of ether oxygens (including phenoxy) is 2. The summed E-state index contributed by atoms with van der Waals surface area (Å²) in [5, 5.41) is 3.08. The van der Waals surface area contributed by atoms with Gasteiger partial charge >= 0.3 is 5.97 Å². The number of carbonyl (C=O) groups is 2. The molecule has 0 saturated carbocycles. The monoisotopic (exact) mass is 373 g/mol. The molecule has 0 unspecified atom stereocenters. The Hall–Kier alpha value is -2.79. The first-order chi connectivity index (χ1) is 12.4. The Morgan fingerprint density at radius 1 is 1.12 bits per heavy atom. The highest BCUT2D eigenvalue weighted by Crippen LogP contribution is 2.28. The van der Waals surface area contributed by atoms with E-state index in [1.54, 1.807) is 56.3 Å². The van der Waals surface area contributed by atoms with Crippen LogP contribution < -0.4 is 10.1 Å². The summed E-state index contributed by atoms with van der Waals surface area (Å²) in [6.45, 7) is 3.55. The molecule has 6 heteroatoms. The van der Waals surface area contributed by atoms with Crippen LogP contribution in [0, 0.1) is 0 Å². The van der Waals surface area contributed by atoms with Crippen LogP contribution in [0.3, 0.4) is 0 Å². The molecule has 5 nitrogen and oxygen atoms in total. The third-order valence-electron chi connectivity index (χ3n) is 3.40. The van der Waals surface area contributed by atoms with E-state index in [-0.39, 0.29) is 0 Å². The molecule has 2 aromatic carbocycles. The summed E-state index contributed by atoms with van der Waals surface area (Å²) in [5.74, 6) is -0.561. The van der Waals surface area contributed by atoms with E-state index in [1.807, 2.05) is 6.07 Å². The fourth-order valence-electron chi connectivity index (χ4n) is 2.24. The van der Waals surface area contributed by atoms with E-state index in [0.29, 0.717) is 22.0 Å². The van der Waals surface area contributed by atoms with E-state index in [9.17, 15) is 9.59 Å². The Labute approximate surface area is 157 Å². The minimum atomic E-state index is -1.08. The number of nitrogens with one attached hydrogen (secondary N) is 1. The zero-order valence-electron chi connectivity index (χ0n) is 14.8. The highest BCUT2D eigenvalue weighted by atomic mass is 35.5. The first-order valence-corrected chi connectivity index (χ1v) is 8.33. The van der Waals surface area contributed by atoms with Crippen molar-refractivity contribution in [1.82, 2.24) is 0 Å². The summed E-state index contributed by atoms with van der Waals surface area (Å²) in [4.78, 5) is 24.7. The molecule has 0 aliphatic heterocycles. The summed E-state index contributed by atoms with van der Waals surface area (Å²) >= 11 is 6.08. The van der Waals surface area contributed by atoms with Crippen molar-refractivity contribution >= 4 is 29.2 Å². The molecule has 0 fully saturated rings. The molecule has 26 heavy (non-hydrogen) atoms. The van der Waals surface area contributed by atoms with Crippen molar-refractivity contribution in [3.05, 3.63) is 70.8 Å². The molecular weight excluding hydrogens is 354 g/mol. The zero-order valence-corrected chi connectivity index (χ0v) is 15.5. The van der Waals surface area contributed by atoms with Crippen molar-refractivity contribution in [2.75, 3.05) is 12.4 Å². The van der Waals surface area contributed by atoms with Gasteiger partial charge in [0.15, 0.2) is 0 Å². The molecule has 0 spiro atoms. The number of anilines is 1. The summed E-state index contributed by atoms with van der Waals surface area (Å²) < 4.78 is 10.5. The Morgan fingerprint density at radius 3 is 2.38 bits per heavy atom. The van der Waals surface area contributed by atoms with Crippen LogP contribution in [-0.2, 0) is 14.3 Å². The van der Waals surface area contributed by atoms with Gasteiger partial charge in [0.25, 0.3) is 5.91 Å². The van der Waals surface area contributed by atoms with Crippen molar-refractivity contribution in [2.24, 2.45) is 0 Å². The van der Waals surface area contributed by atoms with Crippen LogP contribution in [0.2, 0.25) is 5.02 Å². The summed E-state index contributed by atoms with van der Waals surface area (Å²) in [7, 11) is 1.51. The molecule has 1 atom stereocenters. The second-order valence-corrected chi connectivity index (χ2v) is 6.20. The molecule has 0 aliphatic rings. The Bertz CT molecular complexity index is 814. The van der Waals surface area contributed by atoms with Crippen LogP contribution in [0.1, 0.15) is 25.5 Å². The fourth-order valence-corrected chi connectivity index (χ4v) is 2.50. The Morgan fingerprint density at radius 2 is 1.81 bits per heavy atom. The number of rotatable bonds is 6. The van der Waals surface area contributed by atoms with E-state index in [1.165, 1.54) is 13.2 Å². The molecule has 1 N–H and O–H groups in total. The lowest BCUT2D eigenvalue weighted by Crippen LogP contribution is -2.25. The minimum absolute atomic E-state index is 0.364. The maximum atomic E-state index is 12.7. The lowest BCUT2D eigenvalue weighted by molar-refractivity contribution is -0.149. The Kier molecular flexibility index (Phi) is 6.81. The minimum Gasteiger partial charge on any atom is -0.495 e. The second kappa shape index (κ2) is 9.06. The molecule has 0 radical (unpaired) electrons. The van der Waals surface area contributed by atoms with E-state index in [0.717, 1.165) is 5.57 Å². The van der Waals surface area contributed by atoms with E-state index in [2.05, 4.69) is 5.32 Å². The smallest absolute Gasteiger partial charge is 0.331 e. The second-order valence-electron chi connectivity index (χ2n) is 5.79. The molecule has 0 aromatic heterocycles. The van der Waals surface area contributed by atoms with Gasteiger partial charge in [-0.2, -0.15) is 0 Å². The molecule has 136 valence electrons. The molecule has 1 amide bonds. The highest BCUT2D eigenvalue weighted by Gasteiger charge is 2.24. The van der Waals surface area contributed by atoms with Crippen LogP contribution in [0.5, 0.6) is 5.75 Å². The number of carbonyl (C=O) groups excluding carboxylic acids is 2. The average molecular weight is 374 g/mol. The number of esters is 1. The molecule has 0 aliphatic carbocycles. The fraction of sp³-hybridized carbons (Fsp3) is 0.200. The number of hydrogen-bond donors (Lipinski definition) is 1. The van der Waals surface area contributed by atoms with Crippen molar-refractivity contribution in [3.63, 3.8) is 0 Å². The standard InChI is InChI=1S/C20H20ClNO4/c1-13(2)11-18(23)26-19(14-7-5-4-6-8-14)20(24)22-15-9-10-17(25-3)16(21)12-15/h4-12,19H,1-3H3,(H,22,24)/t19-/m0/s1. The normalized spacial score (nSPS) is 11.2. The number of benzene rings is 2. The number of halogens is 1. The molecular formula is C20H20ClNO4. The van der Waals surface area contributed by atoms with Gasteiger partial charge in [-0.3, -0.25) is 4.79 Å². The van der Waals surface area contributed by atoms with E-state index >= 15 is 0 Å². The van der Waals surface area contributed by atoms with Gasteiger partial charge in [0.1, 0.15) is 5.75 Å². The first kappa shape index (κ1) is 19.5. The predicted octanol–water partition coefficient (Wildman–Crippen LogP) is 4.54. The summed E-state index contributed by atoms with van der Waals surface area (Å²) in [5.41, 5.74) is 1.82. The third kappa shape index (κ3) is 5.36. The lowest BCUT2D eigenvalue weighted by atomic mass is 10.1. The SMILES string of the molecule is COc1ccc(NC(=O)[C@@H](OC(=O)C=C(C)C)c2ccccc2)cc1Cl. The zero-order chi connectivity index (χ0) is 19.1. The van der Waals surface area contributed by atoms with Gasteiger partial charge in [0.05, 0.1) is 12.1 Å². The van der Waals surface area contributed by atoms with Gasteiger partial charge in [-0.25, -0.2) is 4.79 Å². The van der Waals surface area contributed by atoms with Gasteiger partial charge in [0, 0.05) is 17.3 Å². The molecule has 0 heterocycles. The number of allylic oxidation sites excluding steroid dienone is 1. The number of amides is 1. The maximum absolute atomic E-state index is 12.7. The predicted molar refractivity (Wildman–Crippen MR) is 101 cm³/mol. The van der Waals surface area contributed by atoms with Crippen molar-refractivity contribution in [3.8, 4) is 5.75 Å². The quantitative estimate of drug-likeness (QED) is 0.596. The van der Waals surface area contributed by atoms with Crippen LogP contribution in [0.4, 0.5) is 5.69 Å². The van der Waals surface area contributed by atoms with Crippen molar-refractivity contribution in [1.29, 1.82) is 0 Å². The maximum Gasteiger partial charge on any atom is 0.331 e. The number of hydrogen-bond acceptors (Lipinski definition) is 4.